The number of ether oxygens (including phenoxy) is 1. The van der Waals surface area contributed by atoms with E-state index in [9.17, 15) is 0 Å². The van der Waals surface area contributed by atoms with Crippen LogP contribution in [0.5, 0.6) is 5.75 Å². The van der Waals surface area contributed by atoms with Gasteiger partial charge in [0.05, 0.1) is 12.3 Å². The second kappa shape index (κ2) is 5.78. The molecule has 0 spiro atoms. The number of hydrogen-bond acceptors (Lipinski definition) is 3. The molecule has 19 heavy (non-hydrogen) atoms. The van der Waals surface area contributed by atoms with E-state index >= 15 is 0 Å². The Balaban J connectivity index is 1.82. The van der Waals surface area contributed by atoms with E-state index in [0.29, 0.717) is 6.61 Å². The van der Waals surface area contributed by atoms with Crippen molar-refractivity contribution in [3.63, 3.8) is 0 Å². The van der Waals surface area contributed by atoms with Gasteiger partial charge in [0, 0.05) is 30.4 Å². The number of nitrogens with zero attached hydrogens (tertiary/aromatic N) is 2. The third kappa shape index (κ3) is 3.28. The lowest BCUT2D eigenvalue weighted by Gasteiger charge is -2.08. The predicted octanol–water partition coefficient (Wildman–Crippen LogP) is 2.86. The third-order valence-corrected chi connectivity index (χ3v) is 3.38. The Morgan fingerprint density at radius 2 is 2.05 bits per heavy atom. The van der Waals surface area contributed by atoms with Gasteiger partial charge in [-0.3, -0.25) is 4.68 Å². The monoisotopic (exact) mass is 259 g/mol. The van der Waals surface area contributed by atoms with Gasteiger partial charge in [0.1, 0.15) is 5.75 Å². The lowest BCUT2D eigenvalue weighted by atomic mass is 10.2. The summed E-state index contributed by atoms with van der Waals surface area (Å²) in [7, 11) is 0. The van der Waals surface area contributed by atoms with Gasteiger partial charge in [-0.2, -0.15) is 5.10 Å². The van der Waals surface area contributed by atoms with Crippen LogP contribution in [-0.2, 0) is 6.54 Å². The first kappa shape index (κ1) is 13.5. The van der Waals surface area contributed by atoms with Crippen molar-refractivity contribution in [2.75, 3.05) is 12.3 Å². The Morgan fingerprint density at radius 1 is 1.26 bits per heavy atom. The minimum absolute atomic E-state index is 0.668. The van der Waals surface area contributed by atoms with Crippen molar-refractivity contribution in [2.45, 2.75) is 33.7 Å². The molecule has 0 aliphatic heterocycles. The highest BCUT2D eigenvalue weighted by atomic mass is 16.5. The molecule has 2 aromatic rings. The lowest BCUT2D eigenvalue weighted by molar-refractivity contribution is 0.298. The van der Waals surface area contributed by atoms with Crippen LogP contribution in [0.4, 0.5) is 5.69 Å². The second-order valence-electron chi connectivity index (χ2n) is 4.79. The molecule has 4 nitrogen and oxygen atoms in total. The van der Waals surface area contributed by atoms with Crippen LogP contribution in [0.15, 0.2) is 24.3 Å². The molecule has 0 fully saturated rings. The largest absolute Gasteiger partial charge is 0.493 e. The van der Waals surface area contributed by atoms with Gasteiger partial charge in [-0.15, -0.1) is 0 Å². The molecule has 0 unspecified atom stereocenters. The Hall–Kier alpha value is -1.97. The third-order valence-electron chi connectivity index (χ3n) is 3.38. The quantitative estimate of drug-likeness (QED) is 0.663. The molecule has 0 saturated heterocycles. The molecular formula is C15H21N3O. The fourth-order valence-electron chi connectivity index (χ4n) is 2.01. The number of nitrogens with two attached hydrogens (primary N) is 1. The molecule has 0 bridgehead atoms. The predicted molar refractivity (Wildman–Crippen MR) is 77.4 cm³/mol. The van der Waals surface area contributed by atoms with Crippen LogP contribution >= 0.6 is 0 Å². The van der Waals surface area contributed by atoms with E-state index in [1.54, 1.807) is 0 Å². The Kier molecular flexibility index (Phi) is 4.10. The summed E-state index contributed by atoms with van der Waals surface area (Å²) in [4.78, 5) is 0. The first-order valence-corrected chi connectivity index (χ1v) is 6.57. The van der Waals surface area contributed by atoms with Gasteiger partial charge >= 0.3 is 0 Å². The molecule has 1 aromatic heterocycles. The molecule has 0 aliphatic carbocycles. The zero-order chi connectivity index (χ0) is 13.8. The molecule has 0 amide bonds. The van der Waals surface area contributed by atoms with Gasteiger partial charge in [0.25, 0.3) is 0 Å². The van der Waals surface area contributed by atoms with Crippen molar-refractivity contribution in [3.8, 4) is 5.75 Å². The minimum Gasteiger partial charge on any atom is -0.493 e. The van der Waals surface area contributed by atoms with E-state index < -0.39 is 0 Å². The molecule has 0 aliphatic rings. The molecule has 2 rings (SSSR count). The van der Waals surface area contributed by atoms with E-state index in [0.717, 1.165) is 30.1 Å². The van der Waals surface area contributed by atoms with Gasteiger partial charge in [-0.1, -0.05) is 6.07 Å². The van der Waals surface area contributed by atoms with E-state index in [1.807, 2.05) is 35.9 Å². The smallest absolute Gasteiger partial charge is 0.121 e. The fourth-order valence-corrected chi connectivity index (χ4v) is 2.01. The number of hydrogen-bond donors (Lipinski definition) is 1. The van der Waals surface area contributed by atoms with E-state index in [-0.39, 0.29) is 0 Å². The first-order chi connectivity index (χ1) is 9.08. The van der Waals surface area contributed by atoms with Crippen molar-refractivity contribution < 1.29 is 4.74 Å². The summed E-state index contributed by atoms with van der Waals surface area (Å²) in [6.07, 6.45) is 0.927. The van der Waals surface area contributed by atoms with Crippen molar-refractivity contribution >= 4 is 5.69 Å². The van der Waals surface area contributed by atoms with Crippen molar-refractivity contribution in [1.29, 1.82) is 0 Å². The topological polar surface area (TPSA) is 53.1 Å². The summed E-state index contributed by atoms with van der Waals surface area (Å²) in [6.45, 7) is 7.80. The summed E-state index contributed by atoms with van der Waals surface area (Å²) in [5, 5.41) is 4.51. The number of aromatic nitrogens is 2. The van der Waals surface area contributed by atoms with E-state index in [1.165, 1.54) is 11.3 Å². The number of nitrogen functional groups attached to an aromatic ring is 1. The standard InChI is InChI=1S/C15H21N3O/c1-11-12(2)17-18(13(11)3)8-5-9-19-15-7-4-6-14(16)10-15/h4,6-7,10H,5,8-9,16H2,1-3H3. The number of rotatable bonds is 5. The summed E-state index contributed by atoms with van der Waals surface area (Å²) in [5.41, 5.74) is 10.0. The second-order valence-corrected chi connectivity index (χ2v) is 4.79. The average Bonchev–Trinajstić information content (AvgIpc) is 2.62. The van der Waals surface area contributed by atoms with Crippen LogP contribution in [0.3, 0.4) is 0 Å². The molecule has 0 radical (unpaired) electrons. The van der Waals surface area contributed by atoms with E-state index in [4.69, 9.17) is 10.5 Å². The normalized spacial score (nSPS) is 10.7. The molecule has 1 heterocycles. The van der Waals surface area contributed by atoms with Gasteiger partial charge in [0.15, 0.2) is 0 Å². The minimum atomic E-state index is 0.668. The van der Waals surface area contributed by atoms with Crippen molar-refractivity contribution in [1.82, 2.24) is 9.78 Å². The fraction of sp³-hybridized carbons (Fsp3) is 0.400. The van der Waals surface area contributed by atoms with Crippen LogP contribution in [0.25, 0.3) is 0 Å². The Morgan fingerprint density at radius 3 is 2.68 bits per heavy atom. The SMILES string of the molecule is Cc1nn(CCCOc2cccc(N)c2)c(C)c1C. The Bertz CT molecular complexity index is 561. The molecule has 4 heteroatoms. The average molecular weight is 259 g/mol. The molecule has 1 aromatic carbocycles. The summed E-state index contributed by atoms with van der Waals surface area (Å²) in [5.74, 6) is 0.824. The zero-order valence-electron chi connectivity index (χ0n) is 11.8. The van der Waals surface area contributed by atoms with Crippen molar-refractivity contribution in [3.05, 3.63) is 41.2 Å². The van der Waals surface area contributed by atoms with Crippen LogP contribution in [0.1, 0.15) is 23.4 Å². The Labute approximate surface area is 114 Å². The van der Waals surface area contributed by atoms with Crippen molar-refractivity contribution in [2.24, 2.45) is 0 Å². The van der Waals surface area contributed by atoms with Gasteiger partial charge < -0.3 is 10.5 Å². The van der Waals surface area contributed by atoms with Crippen LogP contribution in [0.2, 0.25) is 0 Å². The van der Waals surface area contributed by atoms with Crippen LogP contribution in [0, 0.1) is 20.8 Å². The maximum Gasteiger partial charge on any atom is 0.121 e. The maximum atomic E-state index is 5.70. The summed E-state index contributed by atoms with van der Waals surface area (Å²) >= 11 is 0. The summed E-state index contributed by atoms with van der Waals surface area (Å²) in [6, 6.07) is 7.51. The van der Waals surface area contributed by atoms with Crippen LogP contribution in [-0.4, -0.2) is 16.4 Å². The molecule has 2 N–H and O–H groups in total. The van der Waals surface area contributed by atoms with Gasteiger partial charge in [0.2, 0.25) is 0 Å². The lowest BCUT2D eigenvalue weighted by Crippen LogP contribution is -2.07. The molecule has 0 atom stereocenters. The molecule has 102 valence electrons. The number of benzene rings is 1. The highest BCUT2D eigenvalue weighted by Crippen LogP contribution is 2.15. The summed E-state index contributed by atoms with van der Waals surface area (Å²) < 4.78 is 7.71. The number of aryl methyl sites for hydroxylation is 2. The molecule has 0 saturated carbocycles. The van der Waals surface area contributed by atoms with Gasteiger partial charge in [-0.05, 0) is 38.5 Å². The first-order valence-electron chi connectivity index (χ1n) is 6.57. The highest BCUT2D eigenvalue weighted by Gasteiger charge is 2.06. The van der Waals surface area contributed by atoms with Gasteiger partial charge in [-0.25, -0.2) is 0 Å². The number of anilines is 1. The maximum absolute atomic E-state index is 5.70. The molecular weight excluding hydrogens is 238 g/mol. The van der Waals surface area contributed by atoms with Crippen LogP contribution < -0.4 is 10.5 Å². The zero-order valence-corrected chi connectivity index (χ0v) is 11.8. The highest BCUT2D eigenvalue weighted by molar-refractivity contribution is 5.43. The van der Waals surface area contributed by atoms with E-state index in [2.05, 4.69) is 18.9 Å².